The molecule has 2 aliphatic rings. The number of aryl methyl sites for hydroxylation is 1. The van der Waals surface area contributed by atoms with Crippen molar-refractivity contribution in [2.45, 2.75) is 23.6 Å². The standard InChI is InChI=1S/C12H20N4O3S2/c1-9-11(20-12(13)14-9)21(17,18)16-3-2-10(8-16)15-4-6-19-7-5-15/h10H,2-8H2,1H3,(H2,13,14). The highest BCUT2D eigenvalue weighted by Crippen LogP contribution is 2.30. The average Bonchev–Trinajstić information content (AvgIpc) is 3.07. The molecule has 0 amide bonds. The van der Waals surface area contributed by atoms with Gasteiger partial charge in [0.1, 0.15) is 0 Å². The smallest absolute Gasteiger partial charge is 0.254 e. The summed E-state index contributed by atoms with van der Waals surface area (Å²) in [6, 6.07) is 0.286. The molecule has 2 saturated heterocycles. The van der Waals surface area contributed by atoms with Crippen LogP contribution in [0.4, 0.5) is 5.13 Å². The Morgan fingerprint density at radius 1 is 1.33 bits per heavy atom. The third kappa shape index (κ3) is 2.93. The molecule has 3 rings (SSSR count). The molecule has 1 aromatic heterocycles. The highest BCUT2D eigenvalue weighted by atomic mass is 32.2. The molecule has 1 unspecified atom stereocenters. The van der Waals surface area contributed by atoms with Crippen molar-refractivity contribution in [3.8, 4) is 0 Å². The molecule has 118 valence electrons. The van der Waals surface area contributed by atoms with Gasteiger partial charge in [-0.15, -0.1) is 0 Å². The molecule has 0 saturated carbocycles. The first-order chi connectivity index (χ1) is 9.98. The number of rotatable bonds is 3. The predicted octanol–water partition coefficient (Wildman–Crippen LogP) is 0.129. The van der Waals surface area contributed by atoms with E-state index in [1.807, 2.05) is 0 Å². The van der Waals surface area contributed by atoms with E-state index in [4.69, 9.17) is 10.5 Å². The molecule has 1 atom stereocenters. The zero-order valence-corrected chi connectivity index (χ0v) is 13.6. The highest BCUT2D eigenvalue weighted by molar-refractivity contribution is 7.91. The number of nitrogen functional groups attached to an aromatic ring is 1. The van der Waals surface area contributed by atoms with Crippen LogP contribution in [-0.4, -0.2) is 68.0 Å². The van der Waals surface area contributed by atoms with Gasteiger partial charge in [0.05, 0.1) is 18.9 Å². The van der Waals surface area contributed by atoms with Crippen LogP contribution in [0.1, 0.15) is 12.1 Å². The molecule has 9 heteroatoms. The van der Waals surface area contributed by atoms with Crippen LogP contribution in [0.3, 0.4) is 0 Å². The van der Waals surface area contributed by atoms with Gasteiger partial charge in [0.2, 0.25) is 0 Å². The zero-order chi connectivity index (χ0) is 15.0. The minimum absolute atomic E-state index is 0.280. The molecule has 21 heavy (non-hydrogen) atoms. The van der Waals surface area contributed by atoms with E-state index in [-0.39, 0.29) is 10.3 Å². The van der Waals surface area contributed by atoms with Crippen LogP contribution in [0.15, 0.2) is 4.21 Å². The van der Waals surface area contributed by atoms with Crippen LogP contribution in [0.5, 0.6) is 0 Å². The maximum atomic E-state index is 12.7. The Kier molecular flexibility index (Phi) is 4.19. The van der Waals surface area contributed by atoms with Gasteiger partial charge in [-0.1, -0.05) is 11.3 Å². The maximum absolute atomic E-state index is 12.7. The van der Waals surface area contributed by atoms with Crippen molar-refractivity contribution in [1.29, 1.82) is 0 Å². The summed E-state index contributed by atoms with van der Waals surface area (Å²) in [6.07, 6.45) is 0.868. The Hall–Kier alpha value is -0.740. The summed E-state index contributed by atoms with van der Waals surface area (Å²) in [5, 5.41) is 0.301. The molecule has 2 aliphatic heterocycles. The second-order valence-electron chi connectivity index (χ2n) is 5.38. The number of nitrogens with zero attached hydrogens (tertiary/aromatic N) is 3. The molecular weight excluding hydrogens is 312 g/mol. The van der Waals surface area contributed by atoms with Gasteiger partial charge in [0.15, 0.2) is 9.34 Å². The maximum Gasteiger partial charge on any atom is 0.254 e. The van der Waals surface area contributed by atoms with Gasteiger partial charge in [-0.05, 0) is 13.3 Å². The Morgan fingerprint density at radius 3 is 2.67 bits per heavy atom. The molecule has 2 N–H and O–H groups in total. The lowest BCUT2D eigenvalue weighted by atomic mass is 10.2. The van der Waals surface area contributed by atoms with Crippen LogP contribution in [0, 0.1) is 6.92 Å². The van der Waals surface area contributed by atoms with Gasteiger partial charge in [0, 0.05) is 32.2 Å². The van der Waals surface area contributed by atoms with Crippen LogP contribution < -0.4 is 5.73 Å². The molecule has 0 radical (unpaired) electrons. The SMILES string of the molecule is Cc1nc(N)sc1S(=O)(=O)N1CCC(N2CCOCC2)C1. The van der Waals surface area contributed by atoms with E-state index >= 15 is 0 Å². The van der Waals surface area contributed by atoms with Crippen molar-refractivity contribution in [3.05, 3.63) is 5.69 Å². The summed E-state index contributed by atoms with van der Waals surface area (Å²) in [5.74, 6) is 0. The third-order valence-corrected chi connectivity index (χ3v) is 7.47. The number of hydrogen-bond acceptors (Lipinski definition) is 7. The summed E-state index contributed by atoms with van der Waals surface area (Å²) in [4.78, 5) is 6.35. The first-order valence-corrected chi connectivity index (χ1v) is 9.29. The lowest BCUT2D eigenvalue weighted by Gasteiger charge is -2.32. The van der Waals surface area contributed by atoms with Crippen molar-refractivity contribution in [3.63, 3.8) is 0 Å². The van der Waals surface area contributed by atoms with Crippen LogP contribution in [0.25, 0.3) is 0 Å². The fraction of sp³-hybridized carbons (Fsp3) is 0.750. The Balaban J connectivity index is 1.74. The van der Waals surface area contributed by atoms with E-state index in [0.717, 1.165) is 44.1 Å². The van der Waals surface area contributed by atoms with Gasteiger partial charge in [0.25, 0.3) is 10.0 Å². The fourth-order valence-electron chi connectivity index (χ4n) is 2.93. The van der Waals surface area contributed by atoms with Gasteiger partial charge < -0.3 is 10.5 Å². The number of ether oxygens (including phenoxy) is 1. The van der Waals surface area contributed by atoms with Crippen molar-refractivity contribution in [1.82, 2.24) is 14.2 Å². The Labute approximate surface area is 128 Å². The molecule has 3 heterocycles. The monoisotopic (exact) mass is 332 g/mol. The van der Waals surface area contributed by atoms with Crippen molar-refractivity contribution in [2.75, 3.05) is 45.1 Å². The number of sulfonamides is 1. The van der Waals surface area contributed by atoms with Gasteiger partial charge in [-0.25, -0.2) is 13.4 Å². The largest absolute Gasteiger partial charge is 0.379 e. The number of nitrogens with two attached hydrogens (primary N) is 1. The van der Waals surface area contributed by atoms with Crippen LogP contribution in [0.2, 0.25) is 0 Å². The van der Waals surface area contributed by atoms with Crippen molar-refractivity contribution >= 4 is 26.5 Å². The highest BCUT2D eigenvalue weighted by Gasteiger charge is 2.37. The van der Waals surface area contributed by atoms with E-state index in [1.165, 1.54) is 0 Å². The molecule has 0 spiro atoms. The molecule has 2 fully saturated rings. The second kappa shape index (κ2) is 5.81. The second-order valence-corrected chi connectivity index (χ2v) is 8.54. The normalized spacial score (nSPS) is 25.5. The number of aromatic nitrogens is 1. The molecule has 0 bridgehead atoms. The first kappa shape index (κ1) is 15.2. The Morgan fingerprint density at radius 2 is 2.05 bits per heavy atom. The number of hydrogen-bond donors (Lipinski definition) is 1. The van der Waals surface area contributed by atoms with Crippen molar-refractivity contribution < 1.29 is 13.2 Å². The van der Waals surface area contributed by atoms with Gasteiger partial charge >= 0.3 is 0 Å². The Bertz CT molecular complexity index is 610. The molecule has 7 nitrogen and oxygen atoms in total. The van der Waals surface area contributed by atoms with Crippen LogP contribution in [-0.2, 0) is 14.8 Å². The summed E-state index contributed by atoms with van der Waals surface area (Å²) in [7, 11) is -3.47. The first-order valence-electron chi connectivity index (χ1n) is 7.03. The third-order valence-electron chi connectivity index (χ3n) is 4.03. The van der Waals surface area contributed by atoms with E-state index in [2.05, 4.69) is 9.88 Å². The van der Waals surface area contributed by atoms with Crippen LogP contribution >= 0.6 is 11.3 Å². The lowest BCUT2D eigenvalue weighted by molar-refractivity contribution is 0.0197. The summed E-state index contributed by atoms with van der Waals surface area (Å²) >= 11 is 1.05. The quantitative estimate of drug-likeness (QED) is 0.846. The zero-order valence-electron chi connectivity index (χ0n) is 12.0. The molecule has 0 aliphatic carbocycles. The fourth-order valence-corrected chi connectivity index (χ4v) is 5.86. The molecule has 1 aromatic rings. The topological polar surface area (TPSA) is 88.8 Å². The van der Waals surface area contributed by atoms with E-state index in [1.54, 1.807) is 11.2 Å². The summed E-state index contributed by atoms with van der Waals surface area (Å²) in [6.45, 7) is 6.01. The van der Waals surface area contributed by atoms with E-state index < -0.39 is 10.0 Å². The number of morpholine rings is 1. The number of thiazole rings is 1. The summed E-state index contributed by atoms with van der Waals surface area (Å²) < 4.78 is 32.6. The molecular formula is C12H20N4O3S2. The van der Waals surface area contributed by atoms with E-state index in [9.17, 15) is 8.42 Å². The number of anilines is 1. The van der Waals surface area contributed by atoms with Crippen molar-refractivity contribution in [2.24, 2.45) is 0 Å². The summed E-state index contributed by atoms with van der Waals surface area (Å²) in [5.41, 5.74) is 6.11. The van der Waals surface area contributed by atoms with Gasteiger partial charge in [-0.2, -0.15) is 4.31 Å². The predicted molar refractivity (Wildman–Crippen MR) is 80.8 cm³/mol. The minimum Gasteiger partial charge on any atom is -0.379 e. The average molecular weight is 332 g/mol. The lowest BCUT2D eigenvalue weighted by Crippen LogP contribution is -2.45. The minimum atomic E-state index is -3.47. The molecule has 0 aromatic carbocycles. The van der Waals surface area contributed by atoms with E-state index in [0.29, 0.717) is 23.9 Å². The van der Waals surface area contributed by atoms with Gasteiger partial charge in [-0.3, -0.25) is 4.90 Å².